The number of rotatable bonds is 8. The van der Waals surface area contributed by atoms with Crippen LogP contribution in [0.4, 0.5) is 0 Å². The highest BCUT2D eigenvalue weighted by Gasteiger charge is 2.33. The smallest absolute Gasteiger partial charge is 0.223 e. The maximum atomic E-state index is 6.31. The Kier molecular flexibility index (Phi) is 6.99. The summed E-state index contributed by atoms with van der Waals surface area (Å²) in [7, 11) is -2.26. The van der Waals surface area contributed by atoms with E-state index >= 15 is 0 Å². The van der Waals surface area contributed by atoms with Crippen LogP contribution in [0.15, 0.2) is 55.1 Å². The van der Waals surface area contributed by atoms with Gasteiger partial charge in [0.25, 0.3) is 0 Å². The Morgan fingerprint density at radius 1 is 0.960 bits per heavy atom. The SMILES string of the molecule is C=C(c1ccc([Si](C)C)cc1)c1cccc([Si](CC)(CC)OCC)c1. The maximum Gasteiger partial charge on any atom is 0.223 e. The van der Waals surface area contributed by atoms with Gasteiger partial charge in [0.2, 0.25) is 8.32 Å². The van der Waals surface area contributed by atoms with E-state index in [1.54, 1.807) is 0 Å². The summed E-state index contributed by atoms with van der Waals surface area (Å²) >= 11 is 0. The molecule has 0 saturated carbocycles. The first-order chi connectivity index (χ1) is 12.0. The van der Waals surface area contributed by atoms with Crippen molar-refractivity contribution in [1.29, 1.82) is 0 Å². The lowest BCUT2D eigenvalue weighted by Crippen LogP contribution is -2.49. The highest BCUT2D eigenvalue weighted by Crippen LogP contribution is 2.23. The highest BCUT2D eigenvalue weighted by molar-refractivity contribution is 6.86. The van der Waals surface area contributed by atoms with Crippen LogP contribution in [0.2, 0.25) is 25.2 Å². The molecule has 1 radical (unpaired) electrons. The Morgan fingerprint density at radius 3 is 2.12 bits per heavy atom. The summed E-state index contributed by atoms with van der Waals surface area (Å²) < 4.78 is 6.31. The molecule has 2 aromatic rings. The van der Waals surface area contributed by atoms with Crippen LogP contribution in [-0.4, -0.2) is 23.7 Å². The second kappa shape index (κ2) is 8.79. The zero-order chi connectivity index (χ0) is 18.4. The molecule has 0 aliphatic carbocycles. The molecule has 0 aromatic heterocycles. The van der Waals surface area contributed by atoms with E-state index in [4.69, 9.17) is 4.43 Å². The van der Waals surface area contributed by atoms with Crippen molar-refractivity contribution in [2.75, 3.05) is 6.61 Å². The Balaban J connectivity index is 2.35. The molecule has 0 unspecified atom stereocenters. The molecular weight excluding hydrogens is 336 g/mol. The summed E-state index contributed by atoms with van der Waals surface area (Å²) in [5.41, 5.74) is 3.52. The van der Waals surface area contributed by atoms with E-state index in [1.165, 1.54) is 21.5 Å². The third-order valence-electron chi connectivity index (χ3n) is 5.11. The third-order valence-corrected chi connectivity index (χ3v) is 11.1. The van der Waals surface area contributed by atoms with Gasteiger partial charge in [0.15, 0.2) is 0 Å². The molecule has 2 aromatic carbocycles. The Bertz CT molecular complexity index is 700. The van der Waals surface area contributed by atoms with E-state index in [9.17, 15) is 0 Å². The fourth-order valence-corrected chi connectivity index (χ4v) is 7.48. The van der Waals surface area contributed by atoms with Crippen molar-refractivity contribution in [2.24, 2.45) is 0 Å². The fraction of sp³-hybridized carbons (Fsp3) is 0.364. The molecule has 0 atom stereocenters. The number of benzene rings is 2. The zero-order valence-corrected chi connectivity index (χ0v) is 18.4. The van der Waals surface area contributed by atoms with E-state index in [-0.39, 0.29) is 0 Å². The van der Waals surface area contributed by atoms with E-state index in [1.807, 2.05) is 0 Å². The van der Waals surface area contributed by atoms with Gasteiger partial charge in [0.05, 0.1) is 8.80 Å². The average Bonchev–Trinajstić information content (AvgIpc) is 2.66. The second-order valence-corrected chi connectivity index (χ2v) is 13.6. The summed E-state index contributed by atoms with van der Waals surface area (Å²) in [6.07, 6.45) is 0. The standard InChI is InChI=1S/C22H31OSi2/c1-7-23-25(8-2,9-3)22-12-10-11-20(17-22)18(4)19-13-15-21(16-14-19)24(5)6/h10-17H,4,7-9H2,1-3,5-6H3. The van der Waals surface area contributed by atoms with Crippen molar-refractivity contribution in [3.8, 4) is 0 Å². The van der Waals surface area contributed by atoms with Gasteiger partial charge >= 0.3 is 0 Å². The van der Waals surface area contributed by atoms with Crippen molar-refractivity contribution in [3.05, 3.63) is 66.2 Å². The molecule has 0 bridgehead atoms. The predicted molar refractivity (Wildman–Crippen MR) is 116 cm³/mol. The lowest BCUT2D eigenvalue weighted by molar-refractivity contribution is 0.330. The van der Waals surface area contributed by atoms with Crippen molar-refractivity contribution in [2.45, 2.75) is 46.0 Å². The van der Waals surface area contributed by atoms with Gasteiger partial charge in [-0.05, 0) is 40.9 Å². The molecule has 0 amide bonds. The van der Waals surface area contributed by atoms with Crippen molar-refractivity contribution >= 4 is 33.1 Å². The quantitative estimate of drug-likeness (QED) is 0.601. The van der Waals surface area contributed by atoms with Gasteiger partial charge < -0.3 is 4.43 Å². The Hall–Kier alpha value is -1.43. The molecule has 0 spiro atoms. The van der Waals surface area contributed by atoms with Gasteiger partial charge in [-0.1, -0.05) is 87.2 Å². The highest BCUT2D eigenvalue weighted by atomic mass is 28.4. The van der Waals surface area contributed by atoms with Crippen molar-refractivity contribution < 1.29 is 4.43 Å². The first kappa shape index (κ1) is 19.9. The van der Waals surface area contributed by atoms with Crippen LogP contribution in [0, 0.1) is 0 Å². The second-order valence-electron chi connectivity index (χ2n) is 6.77. The van der Waals surface area contributed by atoms with Gasteiger partial charge in [0.1, 0.15) is 0 Å². The largest absolute Gasteiger partial charge is 0.413 e. The summed E-state index contributed by atoms with van der Waals surface area (Å²) in [5, 5.41) is 2.86. The van der Waals surface area contributed by atoms with Crippen LogP contribution >= 0.6 is 0 Å². The molecular formula is C22H31OSi2. The van der Waals surface area contributed by atoms with E-state index in [2.05, 4.69) is 89.0 Å². The Labute approximate surface area is 156 Å². The molecule has 3 heteroatoms. The van der Waals surface area contributed by atoms with E-state index < -0.39 is 17.1 Å². The van der Waals surface area contributed by atoms with Gasteiger partial charge in [-0.3, -0.25) is 0 Å². The molecule has 0 fully saturated rings. The predicted octanol–water partition coefficient (Wildman–Crippen LogP) is 4.94. The van der Waals surface area contributed by atoms with Crippen LogP contribution in [0.3, 0.4) is 0 Å². The summed E-state index contributed by atoms with van der Waals surface area (Å²) in [4.78, 5) is 0. The number of hydrogen-bond donors (Lipinski definition) is 0. The van der Waals surface area contributed by atoms with Crippen molar-refractivity contribution in [1.82, 2.24) is 0 Å². The normalized spacial score (nSPS) is 11.8. The van der Waals surface area contributed by atoms with Crippen LogP contribution in [0.25, 0.3) is 5.57 Å². The summed E-state index contributed by atoms with van der Waals surface area (Å²) in [5.74, 6) is 0. The number of hydrogen-bond acceptors (Lipinski definition) is 1. The first-order valence-corrected chi connectivity index (χ1v) is 14.1. The topological polar surface area (TPSA) is 9.23 Å². The fourth-order valence-electron chi connectivity index (χ4n) is 3.38. The lowest BCUT2D eigenvalue weighted by atomic mass is 10.00. The minimum absolute atomic E-state index is 0.397. The van der Waals surface area contributed by atoms with Gasteiger partial charge in [0, 0.05) is 6.61 Å². The molecule has 0 aliphatic heterocycles. The van der Waals surface area contributed by atoms with Crippen LogP contribution in [0.5, 0.6) is 0 Å². The minimum atomic E-state index is -1.86. The van der Waals surface area contributed by atoms with E-state index in [0.717, 1.165) is 24.3 Å². The van der Waals surface area contributed by atoms with Gasteiger partial charge in [-0.2, -0.15) is 0 Å². The molecule has 2 rings (SSSR count). The Morgan fingerprint density at radius 2 is 1.60 bits per heavy atom. The average molecular weight is 368 g/mol. The van der Waals surface area contributed by atoms with Crippen LogP contribution in [0.1, 0.15) is 31.9 Å². The van der Waals surface area contributed by atoms with Gasteiger partial charge in [-0.15, -0.1) is 0 Å². The summed E-state index contributed by atoms with van der Waals surface area (Å²) in [6, 6.07) is 20.1. The molecule has 1 nitrogen and oxygen atoms in total. The van der Waals surface area contributed by atoms with Crippen LogP contribution < -0.4 is 10.4 Å². The lowest BCUT2D eigenvalue weighted by Gasteiger charge is -2.29. The maximum absolute atomic E-state index is 6.31. The molecule has 0 saturated heterocycles. The molecule has 25 heavy (non-hydrogen) atoms. The van der Waals surface area contributed by atoms with Crippen molar-refractivity contribution in [3.63, 3.8) is 0 Å². The molecule has 0 aliphatic rings. The third kappa shape index (κ3) is 4.41. The minimum Gasteiger partial charge on any atom is -0.413 e. The van der Waals surface area contributed by atoms with Crippen LogP contribution in [-0.2, 0) is 4.43 Å². The molecule has 133 valence electrons. The zero-order valence-electron chi connectivity index (χ0n) is 16.4. The first-order valence-electron chi connectivity index (χ1n) is 9.32. The molecule has 0 heterocycles. The monoisotopic (exact) mass is 367 g/mol. The van der Waals surface area contributed by atoms with E-state index in [0.29, 0.717) is 0 Å². The summed E-state index contributed by atoms with van der Waals surface area (Å²) in [6.45, 7) is 16.4. The van der Waals surface area contributed by atoms with Gasteiger partial charge in [-0.25, -0.2) is 0 Å². The molecule has 0 N–H and O–H groups in total.